The summed E-state index contributed by atoms with van der Waals surface area (Å²) in [5.74, 6) is -0.235. The predicted molar refractivity (Wildman–Crippen MR) is 127 cm³/mol. The van der Waals surface area contributed by atoms with Crippen LogP contribution in [0.2, 0.25) is 0 Å². The largest absolute Gasteiger partial charge is 0.478 e. The molecule has 0 spiro atoms. The molecule has 3 aromatic rings. The second-order valence-electron chi connectivity index (χ2n) is 8.04. The second kappa shape index (κ2) is 8.76. The molecule has 5 heteroatoms. The first-order chi connectivity index (χ1) is 14.2. The molecule has 0 aliphatic heterocycles. The number of aliphatic carboxylic acids is 1. The molecular formula is C25H26INO3. The van der Waals surface area contributed by atoms with Crippen molar-refractivity contribution < 1.29 is 14.6 Å². The summed E-state index contributed by atoms with van der Waals surface area (Å²) in [6.07, 6.45) is 1.57. The summed E-state index contributed by atoms with van der Waals surface area (Å²) in [7, 11) is 0. The van der Waals surface area contributed by atoms with Gasteiger partial charge in [-0.1, -0.05) is 51.1 Å². The minimum Gasteiger partial charge on any atom is -0.478 e. The minimum atomic E-state index is -1.57. The summed E-state index contributed by atoms with van der Waals surface area (Å²) in [4.78, 5) is 16.2. The van der Waals surface area contributed by atoms with Crippen molar-refractivity contribution in [2.75, 3.05) is 0 Å². The van der Waals surface area contributed by atoms with Crippen LogP contribution in [0, 0.1) is 9.49 Å². The number of carbonyl (C=O) groups is 1. The molecule has 2 atom stereocenters. The van der Waals surface area contributed by atoms with Crippen molar-refractivity contribution in [1.82, 2.24) is 4.98 Å². The van der Waals surface area contributed by atoms with Gasteiger partial charge in [-0.15, -0.1) is 0 Å². The van der Waals surface area contributed by atoms with Gasteiger partial charge in [0.05, 0.1) is 5.69 Å². The van der Waals surface area contributed by atoms with Crippen molar-refractivity contribution in [3.8, 4) is 5.75 Å². The molecule has 0 bridgehead atoms. The Bertz CT molecular complexity index is 1000. The molecule has 1 N–H and O–H groups in total. The molecule has 2 unspecified atom stereocenters. The van der Waals surface area contributed by atoms with Crippen LogP contribution in [0.1, 0.15) is 44.5 Å². The summed E-state index contributed by atoms with van der Waals surface area (Å²) < 4.78 is 7.14. The Morgan fingerprint density at radius 1 is 0.967 bits per heavy atom. The van der Waals surface area contributed by atoms with Gasteiger partial charge in [-0.2, -0.15) is 0 Å². The predicted octanol–water partition coefficient (Wildman–Crippen LogP) is 6.03. The highest BCUT2D eigenvalue weighted by atomic mass is 127. The summed E-state index contributed by atoms with van der Waals surface area (Å²) in [5.41, 5.74) is 1.00. The molecule has 0 aliphatic carbocycles. The van der Waals surface area contributed by atoms with E-state index in [1.54, 1.807) is 24.4 Å². The second-order valence-corrected chi connectivity index (χ2v) is 9.29. The van der Waals surface area contributed by atoms with Crippen molar-refractivity contribution in [3.05, 3.63) is 93.3 Å². The Kier molecular flexibility index (Phi) is 6.50. The number of hydrogen-bond donors (Lipinski definition) is 1. The van der Waals surface area contributed by atoms with Gasteiger partial charge in [-0.25, -0.2) is 4.79 Å². The molecule has 4 nitrogen and oxygen atoms in total. The van der Waals surface area contributed by atoms with E-state index in [9.17, 15) is 9.90 Å². The summed E-state index contributed by atoms with van der Waals surface area (Å²) >= 11 is 2.31. The number of nitrogens with zero attached hydrogens (tertiary/aromatic N) is 1. The van der Waals surface area contributed by atoms with Gasteiger partial charge in [0.2, 0.25) is 5.60 Å². The topological polar surface area (TPSA) is 59.4 Å². The molecule has 2 aromatic carbocycles. The van der Waals surface area contributed by atoms with Crippen LogP contribution >= 0.6 is 22.6 Å². The van der Waals surface area contributed by atoms with Crippen LogP contribution in [0.4, 0.5) is 0 Å². The fourth-order valence-electron chi connectivity index (χ4n) is 3.58. The van der Waals surface area contributed by atoms with E-state index in [0.29, 0.717) is 17.4 Å². The number of benzene rings is 2. The Hall–Kier alpha value is -2.41. The van der Waals surface area contributed by atoms with E-state index in [1.165, 1.54) is 16.1 Å². The van der Waals surface area contributed by atoms with E-state index in [0.717, 1.165) is 5.56 Å². The molecule has 1 aromatic heterocycles. The van der Waals surface area contributed by atoms with Gasteiger partial charge in [0.15, 0.2) is 0 Å². The zero-order chi connectivity index (χ0) is 21.9. The van der Waals surface area contributed by atoms with Crippen LogP contribution in [0.25, 0.3) is 0 Å². The number of pyridine rings is 1. The minimum absolute atomic E-state index is 0.181. The van der Waals surface area contributed by atoms with E-state index in [4.69, 9.17) is 4.74 Å². The maximum absolute atomic E-state index is 12.0. The van der Waals surface area contributed by atoms with Crippen LogP contribution in [-0.4, -0.2) is 16.1 Å². The van der Waals surface area contributed by atoms with Crippen LogP contribution in [0.5, 0.6) is 5.75 Å². The maximum Gasteiger partial charge on any atom is 0.354 e. The molecule has 0 fully saturated rings. The molecule has 1 heterocycles. The fourth-order valence-corrected chi connectivity index (χ4v) is 3.94. The lowest BCUT2D eigenvalue weighted by Gasteiger charge is -2.35. The molecule has 156 valence electrons. The first-order valence-corrected chi connectivity index (χ1v) is 11.0. The van der Waals surface area contributed by atoms with Gasteiger partial charge in [0.25, 0.3) is 0 Å². The number of carboxylic acids is 1. The lowest BCUT2D eigenvalue weighted by molar-refractivity contribution is -0.155. The van der Waals surface area contributed by atoms with Crippen molar-refractivity contribution in [2.24, 2.45) is 5.92 Å². The number of halogens is 1. The van der Waals surface area contributed by atoms with E-state index < -0.39 is 11.6 Å². The average molecular weight is 515 g/mol. The van der Waals surface area contributed by atoms with Gasteiger partial charge in [0.1, 0.15) is 5.75 Å². The van der Waals surface area contributed by atoms with Crippen LogP contribution in [0.3, 0.4) is 0 Å². The quantitative estimate of drug-likeness (QED) is 0.391. The van der Waals surface area contributed by atoms with E-state index >= 15 is 0 Å². The van der Waals surface area contributed by atoms with E-state index in [2.05, 4.69) is 72.6 Å². The van der Waals surface area contributed by atoms with Crippen molar-refractivity contribution >= 4 is 28.6 Å². The fraction of sp³-hybridized carbons (Fsp3) is 0.280. The smallest absolute Gasteiger partial charge is 0.354 e. The van der Waals surface area contributed by atoms with E-state index in [-0.39, 0.29) is 5.41 Å². The number of carboxylic acid groups (broad SMARTS) is 1. The lowest BCUT2D eigenvalue weighted by Crippen LogP contribution is -2.39. The van der Waals surface area contributed by atoms with Crippen molar-refractivity contribution in [1.29, 1.82) is 0 Å². The third kappa shape index (κ3) is 4.21. The van der Waals surface area contributed by atoms with Gasteiger partial charge < -0.3 is 9.84 Å². The zero-order valence-corrected chi connectivity index (χ0v) is 19.8. The molecule has 0 amide bonds. The highest BCUT2D eigenvalue weighted by Gasteiger charge is 2.39. The third-order valence-corrected chi connectivity index (χ3v) is 6.66. The Balaban J connectivity index is 1.95. The van der Waals surface area contributed by atoms with E-state index in [1.807, 2.05) is 24.3 Å². The number of hydrogen-bond acceptors (Lipinski definition) is 3. The summed E-state index contributed by atoms with van der Waals surface area (Å²) in [6, 6.07) is 21.5. The number of aromatic nitrogens is 1. The first-order valence-electron chi connectivity index (χ1n) is 9.88. The molecule has 3 rings (SSSR count). The molecular weight excluding hydrogens is 489 g/mol. The van der Waals surface area contributed by atoms with Gasteiger partial charge in [-0.3, -0.25) is 4.98 Å². The average Bonchev–Trinajstić information content (AvgIpc) is 2.74. The first kappa shape index (κ1) is 22.3. The number of rotatable bonds is 7. The van der Waals surface area contributed by atoms with Crippen LogP contribution in [-0.2, 0) is 15.8 Å². The Morgan fingerprint density at radius 3 is 2.00 bits per heavy atom. The molecule has 0 saturated heterocycles. The van der Waals surface area contributed by atoms with Crippen molar-refractivity contribution in [3.63, 3.8) is 0 Å². The van der Waals surface area contributed by atoms with Gasteiger partial charge >= 0.3 is 5.97 Å². The molecule has 30 heavy (non-hydrogen) atoms. The number of ether oxygens (including phenoxy) is 1. The zero-order valence-electron chi connectivity index (χ0n) is 17.6. The SMILES string of the molecule is CC(C)C(C)(c1ccc(I)cc1)c1ccc(OC(C)(C(=O)O)c2ccccn2)cc1. The third-order valence-electron chi connectivity index (χ3n) is 5.94. The Morgan fingerprint density at radius 2 is 1.53 bits per heavy atom. The summed E-state index contributed by atoms with van der Waals surface area (Å²) in [5, 5.41) is 9.81. The van der Waals surface area contributed by atoms with Crippen LogP contribution < -0.4 is 4.74 Å². The van der Waals surface area contributed by atoms with Gasteiger partial charge in [-0.05, 0) is 83.0 Å². The van der Waals surface area contributed by atoms with Crippen LogP contribution in [0.15, 0.2) is 72.9 Å². The molecule has 0 aliphatic rings. The maximum atomic E-state index is 12.0. The van der Waals surface area contributed by atoms with Gasteiger partial charge in [0, 0.05) is 15.2 Å². The molecule has 0 radical (unpaired) electrons. The normalized spacial score (nSPS) is 15.3. The monoisotopic (exact) mass is 515 g/mol. The Labute approximate surface area is 191 Å². The van der Waals surface area contributed by atoms with Crippen molar-refractivity contribution in [2.45, 2.75) is 38.7 Å². The lowest BCUT2D eigenvalue weighted by atomic mass is 9.68. The highest BCUT2D eigenvalue weighted by Crippen LogP contribution is 2.40. The highest BCUT2D eigenvalue weighted by molar-refractivity contribution is 14.1. The standard InChI is InChI=1S/C25H26INO3/c1-17(2)24(3,18-8-12-20(26)13-9-18)19-10-14-21(15-11-19)30-25(4,23(28)29)22-7-5-6-16-27-22/h5-17H,1-4H3,(H,28,29). The summed E-state index contributed by atoms with van der Waals surface area (Å²) in [6.45, 7) is 8.19. The molecule has 0 saturated carbocycles.